The minimum atomic E-state index is -0.787. The van der Waals surface area contributed by atoms with Gasteiger partial charge in [-0.3, -0.25) is 9.59 Å². The number of likely N-dealkylation sites (tertiary alicyclic amines) is 2. The molecule has 3 heterocycles. The van der Waals surface area contributed by atoms with E-state index < -0.39 is 11.5 Å². The van der Waals surface area contributed by atoms with Crippen molar-refractivity contribution in [2.75, 3.05) is 31.1 Å². The minimum Gasteiger partial charge on any atom is -0.341 e. The molecule has 3 aliphatic heterocycles. The SMILES string of the molecule is C[C@H]1CCN(C(=O)N[C@@H](CCc2ccccc2)C(=O)N2CCC(N3C(=O)C(C)(C)c4cc(F)ccc43)CC2)C1. The third kappa shape index (κ3) is 5.52. The fraction of sp³-hybridized carbons (Fsp3) is 0.516. The van der Waals surface area contributed by atoms with E-state index in [2.05, 4.69) is 12.2 Å². The molecular formula is C31H39FN4O3. The average molecular weight is 535 g/mol. The van der Waals surface area contributed by atoms with Crippen molar-refractivity contribution in [1.82, 2.24) is 15.1 Å². The van der Waals surface area contributed by atoms with Gasteiger partial charge < -0.3 is 20.0 Å². The summed E-state index contributed by atoms with van der Waals surface area (Å²) in [5, 5.41) is 3.05. The van der Waals surface area contributed by atoms with Crippen molar-refractivity contribution in [3.8, 4) is 0 Å². The van der Waals surface area contributed by atoms with Gasteiger partial charge in [0.1, 0.15) is 11.9 Å². The van der Waals surface area contributed by atoms with Crippen LogP contribution < -0.4 is 10.2 Å². The molecule has 0 spiro atoms. The summed E-state index contributed by atoms with van der Waals surface area (Å²) in [5.41, 5.74) is 1.82. The number of urea groups is 1. The molecule has 208 valence electrons. The van der Waals surface area contributed by atoms with E-state index in [-0.39, 0.29) is 29.7 Å². The number of halogens is 1. The van der Waals surface area contributed by atoms with Crippen molar-refractivity contribution < 1.29 is 18.8 Å². The van der Waals surface area contributed by atoms with Crippen molar-refractivity contribution in [1.29, 1.82) is 0 Å². The molecule has 0 aliphatic carbocycles. The topological polar surface area (TPSA) is 73.0 Å². The van der Waals surface area contributed by atoms with Crippen molar-refractivity contribution >= 4 is 23.5 Å². The van der Waals surface area contributed by atoms with E-state index in [0.29, 0.717) is 63.3 Å². The summed E-state index contributed by atoms with van der Waals surface area (Å²) < 4.78 is 14.0. The molecule has 4 amide bonds. The maximum Gasteiger partial charge on any atom is 0.318 e. The van der Waals surface area contributed by atoms with E-state index in [1.54, 1.807) is 11.0 Å². The zero-order valence-corrected chi connectivity index (χ0v) is 23.2. The molecule has 2 aromatic rings. The molecular weight excluding hydrogens is 495 g/mol. The fourth-order valence-electron chi connectivity index (χ4n) is 6.24. The van der Waals surface area contributed by atoms with Gasteiger partial charge in [-0.2, -0.15) is 0 Å². The normalized spacial score (nSPS) is 21.7. The first-order chi connectivity index (χ1) is 18.6. The molecule has 39 heavy (non-hydrogen) atoms. The van der Waals surface area contributed by atoms with E-state index in [9.17, 15) is 18.8 Å². The number of nitrogens with one attached hydrogen (secondary N) is 1. The number of hydrogen-bond donors (Lipinski definition) is 1. The highest BCUT2D eigenvalue weighted by molar-refractivity contribution is 6.08. The van der Waals surface area contributed by atoms with Gasteiger partial charge in [-0.05, 0) is 81.2 Å². The summed E-state index contributed by atoms with van der Waals surface area (Å²) in [6, 6.07) is 13.7. The molecule has 0 radical (unpaired) electrons. The van der Waals surface area contributed by atoms with Gasteiger partial charge in [-0.1, -0.05) is 37.3 Å². The summed E-state index contributed by atoms with van der Waals surface area (Å²) in [6.07, 6.45) is 3.46. The standard InChI is InChI=1S/C31H39FN4O3/c1-21-13-16-35(20-21)30(39)33-26(11-9-22-7-5-4-6-8-22)28(37)34-17-14-24(15-18-34)36-27-12-10-23(32)19-25(27)31(2,3)29(36)38/h4-8,10,12,19,21,24,26H,9,11,13-18,20H2,1-3H3,(H,33,39)/t21-,26-/m0/s1. The van der Waals surface area contributed by atoms with E-state index >= 15 is 0 Å². The number of carbonyl (C=O) groups excluding carboxylic acids is 3. The van der Waals surface area contributed by atoms with Crippen molar-refractivity contribution in [2.24, 2.45) is 5.92 Å². The molecule has 0 aromatic heterocycles. The number of fused-ring (bicyclic) bond motifs is 1. The van der Waals surface area contributed by atoms with Gasteiger partial charge in [0, 0.05) is 37.9 Å². The lowest BCUT2D eigenvalue weighted by Crippen LogP contribution is -2.55. The highest BCUT2D eigenvalue weighted by Gasteiger charge is 2.47. The minimum absolute atomic E-state index is 0.0271. The maximum absolute atomic E-state index is 14.0. The predicted octanol–water partition coefficient (Wildman–Crippen LogP) is 4.49. The lowest BCUT2D eigenvalue weighted by Gasteiger charge is -2.39. The zero-order chi connectivity index (χ0) is 27.7. The smallest absolute Gasteiger partial charge is 0.318 e. The maximum atomic E-state index is 14.0. The quantitative estimate of drug-likeness (QED) is 0.594. The Morgan fingerprint density at radius 3 is 2.38 bits per heavy atom. The fourth-order valence-corrected chi connectivity index (χ4v) is 6.24. The second-order valence-electron chi connectivity index (χ2n) is 11.9. The van der Waals surface area contributed by atoms with Crippen LogP contribution >= 0.6 is 0 Å². The van der Waals surface area contributed by atoms with Gasteiger partial charge in [0.25, 0.3) is 0 Å². The first-order valence-electron chi connectivity index (χ1n) is 14.2. The highest BCUT2D eigenvalue weighted by atomic mass is 19.1. The predicted molar refractivity (Wildman–Crippen MR) is 149 cm³/mol. The summed E-state index contributed by atoms with van der Waals surface area (Å²) in [7, 11) is 0. The van der Waals surface area contributed by atoms with Crippen LogP contribution in [-0.2, 0) is 21.4 Å². The Morgan fingerprint density at radius 2 is 1.72 bits per heavy atom. The van der Waals surface area contributed by atoms with Gasteiger partial charge in [-0.15, -0.1) is 0 Å². The Morgan fingerprint density at radius 1 is 1.03 bits per heavy atom. The van der Waals surface area contributed by atoms with Crippen LogP contribution in [0.3, 0.4) is 0 Å². The Hall–Kier alpha value is -3.42. The number of piperidine rings is 1. The summed E-state index contributed by atoms with van der Waals surface area (Å²) >= 11 is 0. The lowest BCUT2D eigenvalue weighted by atomic mass is 9.86. The Labute approximate surface area is 230 Å². The van der Waals surface area contributed by atoms with E-state index in [0.717, 1.165) is 17.7 Å². The molecule has 2 atom stereocenters. The first-order valence-corrected chi connectivity index (χ1v) is 14.2. The number of amides is 4. The van der Waals surface area contributed by atoms with Gasteiger partial charge >= 0.3 is 6.03 Å². The summed E-state index contributed by atoms with van der Waals surface area (Å²) in [6.45, 7) is 8.24. The van der Waals surface area contributed by atoms with Crippen LogP contribution in [0.5, 0.6) is 0 Å². The van der Waals surface area contributed by atoms with E-state index in [1.165, 1.54) is 12.1 Å². The van der Waals surface area contributed by atoms with Crippen LogP contribution in [0.25, 0.3) is 0 Å². The van der Waals surface area contributed by atoms with Crippen LogP contribution in [0.2, 0.25) is 0 Å². The molecule has 5 rings (SSSR count). The second-order valence-corrected chi connectivity index (χ2v) is 11.9. The molecule has 0 bridgehead atoms. The summed E-state index contributed by atoms with van der Waals surface area (Å²) in [5.74, 6) is 0.0262. The zero-order valence-electron chi connectivity index (χ0n) is 23.2. The molecule has 2 saturated heterocycles. The largest absolute Gasteiger partial charge is 0.341 e. The van der Waals surface area contributed by atoms with Crippen molar-refractivity contribution in [3.63, 3.8) is 0 Å². The molecule has 2 aromatic carbocycles. The number of hydrogen-bond acceptors (Lipinski definition) is 3. The number of nitrogens with zero attached hydrogens (tertiary/aromatic N) is 3. The number of rotatable bonds is 6. The van der Waals surface area contributed by atoms with Gasteiger partial charge in [0.15, 0.2) is 0 Å². The van der Waals surface area contributed by atoms with Crippen LogP contribution in [0.15, 0.2) is 48.5 Å². The van der Waals surface area contributed by atoms with E-state index in [4.69, 9.17) is 0 Å². The molecule has 0 unspecified atom stereocenters. The molecule has 0 saturated carbocycles. The molecule has 1 N–H and O–H groups in total. The van der Waals surface area contributed by atoms with Crippen LogP contribution in [0, 0.1) is 11.7 Å². The number of anilines is 1. The monoisotopic (exact) mass is 534 g/mol. The van der Waals surface area contributed by atoms with Crippen LogP contribution in [0.4, 0.5) is 14.9 Å². The highest BCUT2D eigenvalue weighted by Crippen LogP contribution is 2.44. The molecule has 7 nitrogen and oxygen atoms in total. The average Bonchev–Trinajstić information content (AvgIpc) is 3.45. The second kappa shape index (κ2) is 11.0. The van der Waals surface area contributed by atoms with E-state index in [1.807, 2.05) is 54.0 Å². The molecule has 2 fully saturated rings. The molecule has 3 aliphatic rings. The number of carbonyl (C=O) groups is 3. The Kier molecular flexibility index (Phi) is 7.65. The third-order valence-corrected chi connectivity index (χ3v) is 8.66. The van der Waals surface area contributed by atoms with Gasteiger partial charge in [0.2, 0.25) is 11.8 Å². The van der Waals surface area contributed by atoms with Gasteiger partial charge in [0.05, 0.1) is 5.41 Å². The Bertz CT molecular complexity index is 1230. The van der Waals surface area contributed by atoms with Crippen molar-refractivity contribution in [3.05, 3.63) is 65.5 Å². The van der Waals surface area contributed by atoms with Crippen LogP contribution in [-0.4, -0.2) is 65.9 Å². The number of aryl methyl sites for hydroxylation is 1. The Balaban J connectivity index is 1.26. The van der Waals surface area contributed by atoms with Gasteiger partial charge in [-0.25, -0.2) is 9.18 Å². The van der Waals surface area contributed by atoms with Crippen molar-refractivity contribution in [2.45, 2.75) is 70.4 Å². The van der Waals surface area contributed by atoms with Crippen LogP contribution in [0.1, 0.15) is 57.6 Å². The lowest BCUT2D eigenvalue weighted by molar-refractivity contribution is -0.134. The first kappa shape index (κ1) is 27.2. The summed E-state index contributed by atoms with van der Waals surface area (Å²) in [4.78, 5) is 45.6. The molecule has 8 heteroatoms. The number of benzene rings is 2. The third-order valence-electron chi connectivity index (χ3n) is 8.66.